The van der Waals surface area contributed by atoms with E-state index in [1.165, 1.54) is 4.90 Å². The molecule has 17 heavy (non-hydrogen) atoms. The van der Waals surface area contributed by atoms with E-state index in [0.29, 0.717) is 19.4 Å². The van der Waals surface area contributed by atoms with Gasteiger partial charge in [-0.15, -0.1) is 6.58 Å². The summed E-state index contributed by atoms with van der Waals surface area (Å²) in [6.45, 7) is 4.21. The normalized spacial score (nSPS) is 33.6. The molecule has 3 fully saturated rings. The van der Waals surface area contributed by atoms with Crippen LogP contribution in [0.5, 0.6) is 0 Å². The zero-order chi connectivity index (χ0) is 12.6. The Bertz CT molecular complexity index is 369. The first-order valence-electron chi connectivity index (χ1n) is 5.82. The number of nitrogens with zero attached hydrogens (tertiary/aromatic N) is 2. The van der Waals surface area contributed by atoms with Crippen molar-refractivity contribution >= 4 is 11.8 Å². The highest BCUT2D eigenvalue weighted by Gasteiger charge is 2.54. The van der Waals surface area contributed by atoms with E-state index in [0.717, 1.165) is 6.42 Å². The minimum Gasteiger partial charge on any atom is -0.349 e. The number of hydrogen-bond acceptors (Lipinski definition) is 3. The van der Waals surface area contributed by atoms with Crippen molar-refractivity contribution in [3.8, 4) is 0 Å². The number of likely N-dealkylation sites (N-methyl/N-ethyl adjacent to an activating group) is 2. The molecule has 0 aromatic heterocycles. The smallest absolute Gasteiger partial charge is 0.273 e. The van der Waals surface area contributed by atoms with Gasteiger partial charge in [0, 0.05) is 20.7 Å². The van der Waals surface area contributed by atoms with Gasteiger partial charge in [-0.05, 0) is 19.3 Å². The van der Waals surface area contributed by atoms with Gasteiger partial charge < -0.3 is 14.5 Å². The maximum absolute atomic E-state index is 12.4. The average molecular weight is 238 g/mol. The Kier molecular flexibility index (Phi) is 2.95. The Balaban J connectivity index is 2.47. The quantitative estimate of drug-likeness (QED) is 0.653. The SMILES string of the molecule is C=CCC12CCCOC(C(=O)N1C)N(C)C2=O. The molecule has 3 heterocycles. The van der Waals surface area contributed by atoms with Gasteiger partial charge in [0.25, 0.3) is 11.8 Å². The summed E-state index contributed by atoms with van der Waals surface area (Å²) in [4.78, 5) is 27.6. The van der Waals surface area contributed by atoms with Crippen molar-refractivity contribution in [2.45, 2.75) is 31.0 Å². The molecular formula is C12H18N2O3. The summed E-state index contributed by atoms with van der Waals surface area (Å²) in [5, 5.41) is 0. The molecule has 5 heteroatoms. The largest absolute Gasteiger partial charge is 0.349 e. The van der Waals surface area contributed by atoms with Crippen LogP contribution in [-0.4, -0.2) is 54.1 Å². The van der Waals surface area contributed by atoms with Crippen molar-refractivity contribution in [2.75, 3.05) is 20.7 Å². The Morgan fingerprint density at radius 2 is 2.24 bits per heavy atom. The molecule has 0 saturated carbocycles. The fourth-order valence-electron chi connectivity index (χ4n) is 2.70. The Morgan fingerprint density at radius 1 is 1.53 bits per heavy atom. The van der Waals surface area contributed by atoms with Crippen LogP contribution >= 0.6 is 0 Å². The lowest BCUT2D eigenvalue weighted by Crippen LogP contribution is -2.71. The zero-order valence-corrected chi connectivity index (χ0v) is 10.3. The number of fused-ring (bicyclic) bond motifs is 5. The monoisotopic (exact) mass is 238 g/mol. The van der Waals surface area contributed by atoms with Crippen LogP contribution < -0.4 is 0 Å². The summed E-state index contributed by atoms with van der Waals surface area (Å²) < 4.78 is 5.45. The molecule has 2 bridgehead atoms. The molecule has 2 atom stereocenters. The zero-order valence-electron chi connectivity index (χ0n) is 10.3. The molecule has 0 aromatic rings. The lowest BCUT2D eigenvalue weighted by molar-refractivity contribution is -0.193. The van der Waals surface area contributed by atoms with Crippen molar-refractivity contribution in [1.82, 2.24) is 9.80 Å². The lowest BCUT2D eigenvalue weighted by atomic mass is 9.83. The van der Waals surface area contributed by atoms with E-state index < -0.39 is 11.8 Å². The second-order valence-electron chi connectivity index (χ2n) is 4.66. The molecule has 2 amide bonds. The molecule has 0 N–H and O–H groups in total. The molecule has 2 unspecified atom stereocenters. The van der Waals surface area contributed by atoms with Gasteiger partial charge in [-0.3, -0.25) is 9.59 Å². The van der Waals surface area contributed by atoms with Crippen molar-refractivity contribution < 1.29 is 14.3 Å². The highest BCUT2D eigenvalue weighted by molar-refractivity contribution is 5.99. The third-order valence-corrected chi connectivity index (χ3v) is 3.75. The van der Waals surface area contributed by atoms with E-state index in [9.17, 15) is 9.59 Å². The predicted molar refractivity (Wildman–Crippen MR) is 62.1 cm³/mol. The van der Waals surface area contributed by atoms with Crippen molar-refractivity contribution in [1.29, 1.82) is 0 Å². The third-order valence-electron chi connectivity index (χ3n) is 3.75. The number of ether oxygens (including phenoxy) is 1. The van der Waals surface area contributed by atoms with Crippen LogP contribution in [0.1, 0.15) is 19.3 Å². The van der Waals surface area contributed by atoms with Crippen LogP contribution in [0.2, 0.25) is 0 Å². The van der Waals surface area contributed by atoms with E-state index in [2.05, 4.69) is 6.58 Å². The van der Waals surface area contributed by atoms with Crippen LogP contribution in [0, 0.1) is 0 Å². The first-order valence-corrected chi connectivity index (χ1v) is 5.82. The number of amides is 2. The minimum atomic E-state index is -0.759. The molecule has 0 aromatic carbocycles. The van der Waals surface area contributed by atoms with Crippen molar-refractivity contribution in [3.05, 3.63) is 12.7 Å². The van der Waals surface area contributed by atoms with Gasteiger partial charge in [-0.2, -0.15) is 0 Å². The highest BCUT2D eigenvalue weighted by atomic mass is 16.5. The van der Waals surface area contributed by atoms with Gasteiger partial charge in [0.2, 0.25) is 6.23 Å². The van der Waals surface area contributed by atoms with Gasteiger partial charge in [-0.25, -0.2) is 0 Å². The number of rotatable bonds is 2. The summed E-state index contributed by atoms with van der Waals surface area (Å²) in [7, 11) is 3.31. The number of hydrogen-bond donors (Lipinski definition) is 0. The Hall–Kier alpha value is -1.36. The van der Waals surface area contributed by atoms with Gasteiger partial charge in [0.1, 0.15) is 5.54 Å². The maximum Gasteiger partial charge on any atom is 0.273 e. The Labute approximate surface area is 101 Å². The molecule has 3 rings (SSSR count). The van der Waals surface area contributed by atoms with Crippen LogP contribution in [0.4, 0.5) is 0 Å². The number of carbonyl (C=O) groups is 2. The fourth-order valence-corrected chi connectivity index (χ4v) is 2.70. The molecule has 0 spiro atoms. The van der Waals surface area contributed by atoms with E-state index in [1.807, 2.05) is 0 Å². The summed E-state index contributed by atoms with van der Waals surface area (Å²) in [5.41, 5.74) is -0.756. The van der Waals surface area contributed by atoms with Crippen molar-refractivity contribution in [2.24, 2.45) is 0 Å². The summed E-state index contributed by atoms with van der Waals surface area (Å²) in [6.07, 6.45) is 2.84. The molecular weight excluding hydrogens is 220 g/mol. The topological polar surface area (TPSA) is 49.9 Å². The highest BCUT2D eigenvalue weighted by Crippen LogP contribution is 2.35. The number of carbonyl (C=O) groups excluding carboxylic acids is 2. The summed E-state index contributed by atoms with van der Waals surface area (Å²) in [6, 6.07) is 0. The second-order valence-corrected chi connectivity index (χ2v) is 4.66. The van der Waals surface area contributed by atoms with E-state index in [-0.39, 0.29) is 11.8 Å². The average Bonchev–Trinajstić information content (AvgIpc) is 2.31. The van der Waals surface area contributed by atoms with E-state index in [1.54, 1.807) is 25.1 Å². The molecule has 3 aliphatic rings. The van der Waals surface area contributed by atoms with Gasteiger partial charge in [0.05, 0.1) is 0 Å². The predicted octanol–water partition coefficient (Wildman–Crippen LogP) is 0.368. The molecule has 3 aliphatic heterocycles. The van der Waals surface area contributed by atoms with Crippen molar-refractivity contribution in [3.63, 3.8) is 0 Å². The van der Waals surface area contributed by atoms with Crippen LogP contribution in [0.3, 0.4) is 0 Å². The molecule has 0 radical (unpaired) electrons. The second kappa shape index (κ2) is 4.14. The van der Waals surface area contributed by atoms with Crippen LogP contribution in [-0.2, 0) is 14.3 Å². The standard InChI is InChI=1S/C12H18N2O3/c1-4-6-12-7-5-8-17-10(9(15)14(12)3)13(2)11(12)16/h4,10H,1,5-8H2,2-3H3. The molecule has 5 nitrogen and oxygen atoms in total. The van der Waals surface area contributed by atoms with Crippen LogP contribution in [0.15, 0.2) is 12.7 Å². The summed E-state index contributed by atoms with van der Waals surface area (Å²) in [5.74, 6) is -0.196. The van der Waals surface area contributed by atoms with Crippen LogP contribution in [0.25, 0.3) is 0 Å². The molecule has 3 saturated heterocycles. The molecule has 94 valence electrons. The Morgan fingerprint density at radius 3 is 2.88 bits per heavy atom. The van der Waals surface area contributed by atoms with E-state index >= 15 is 0 Å². The van der Waals surface area contributed by atoms with Gasteiger partial charge in [-0.1, -0.05) is 6.08 Å². The fraction of sp³-hybridized carbons (Fsp3) is 0.667. The minimum absolute atomic E-state index is 0.0517. The van der Waals surface area contributed by atoms with E-state index in [4.69, 9.17) is 4.74 Å². The first-order chi connectivity index (χ1) is 8.04. The lowest BCUT2D eigenvalue weighted by Gasteiger charge is -2.51. The third kappa shape index (κ3) is 1.57. The van der Waals surface area contributed by atoms with Gasteiger partial charge in [0.15, 0.2) is 0 Å². The first kappa shape index (κ1) is 12.1. The molecule has 0 aliphatic carbocycles. The number of piperazine rings is 1. The maximum atomic E-state index is 12.4. The van der Waals surface area contributed by atoms with Gasteiger partial charge >= 0.3 is 0 Å². The summed E-state index contributed by atoms with van der Waals surface area (Å²) >= 11 is 0.